The van der Waals surface area contributed by atoms with Crippen LogP contribution in [0.15, 0.2) is 36.4 Å². The molecule has 0 spiro atoms. The molecular formula is C16H16ClNO2. The van der Waals surface area contributed by atoms with Crippen LogP contribution in [0.3, 0.4) is 0 Å². The summed E-state index contributed by atoms with van der Waals surface area (Å²) in [6.45, 7) is 0. The van der Waals surface area contributed by atoms with Crippen LogP contribution in [0.2, 0.25) is 5.02 Å². The first kappa shape index (κ1) is 13.1. The fraction of sp³-hybridized carbons (Fsp3) is 0.250. The SMILES string of the molecule is COc1cc(OC)cc(C2Cc3ccc(Cl)cc3N2)c1. The van der Waals surface area contributed by atoms with Crippen molar-refractivity contribution in [2.45, 2.75) is 12.5 Å². The van der Waals surface area contributed by atoms with Crippen molar-refractivity contribution in [3.63, 3.8) is 0 Å². The zero-order valence-corrected chi connectivity index (χ0v) is 12.2. The minimum absolute atomic E-state index is 0.215. The summed E-state index contributed by atoms with van der Waals surface area (Å²) in [6.07, 6.45) is 0.933. The van der Waals surface area contributed by atoms with Gasteiger partial charge in [-0.1, -0.05) is 17.7 Å². The molecule has 0 radical (unpaired) electrons. The highest BCUT2D eigenvalue weighted by molar-refractivity contribution is 6.30. The molecule has 0 aliphatic carbocycles. The van der Waals surface area contributed by atoms with Crippen LogP contribution in [0.25, 0.3) is 0 Å². The number of rotatable bonds is 3. The number of methoxy groups -OCH3 is 2. The number of halogens is 1. The van der Waals surface area contributed by atoms with E-state index in [1.807, 2.05) is 30.3 Å². The third-order valence-corrected chi connectivity index (χ3v) is 3.84. The Morgan fingerprint density at radius 1 is 1.05 bits per heavy atom. The van der Waals surface area contributed by atoms with Crippen LogP contribution >= 0.6 is 11.6 Å². The minimum atomic E-state index is 0.215. The maximum Gasteiger partial charge on any atom is 0.122 e. The molecule has 2 aromatic carbocycles. The molecule has 0 fully saturated rings. The third-order valence-electron chi connectivity index (χ3n) is 3.60. The first-order valence-corrected chi connectivity index (χ1v) is 6.85. The number of hydrogen-bond acceptors (Lipinski definition) is 3. The lowest BCUT2D eigenvalue weighted by Crippen LogP contribution is -2.06. The summed E-state index contributed by atoms with van der Waals surface area (Å²) >= 11 is 6.03. The van der Waals surface area contributed by atoms with Crippen LogP contribution in [0.4, 0.5) is 5.69 Å². The Bertz CT molecular complexity index is 620. The zero-order chi connectivity index (χ0) is 14.1. The number of nitrogens with one attached hydrogen (secondary N) is 1. The van der Waals surface area contributed by atoms with Gasteiger partial charge in [0, 0.05) is 16.8 Å². The minimum Gasteiger partial charge on any atom is -0.497 e. The molecule has 0 aromatic heterocycles. The van der Waals surface area contributed by atoms with Gasteiger partial charge in [-0.25, -0.2) is 0 Å². The van der Waals surface area contributed by atoms with Crippen LogP contribution in [-0.4, -0.2) is 14.2 Å². The maximum atomic E-state index is 6.03. The van der Waals surface area contributed by atoms with E-state index in [-0.39, 0.29) is 6.04 Å². The van der Waals surface area contributed by atoms with E-state index in [4.69, 9.17) is 21.1 Å². The molecule has 0 saturated heterocycles. The number of benzene rings is 2. The van der Waals surface area contributed by atoms with Gasteiger partial charge in [-0.15, -0.1) is 0 Å². The van der Waals surface area contributed by atoms with Crippen LogP contribution in [0.5, 0.6) is 11.5 Å². The highest BCUT2D eigenvalue weighted by atomic mass is 35.5. The van der Waals surface area contributed by atoms with Crippen LogP contribution in [-0.2, 0) is 6.42 Å². The molecule has 2 aromatic rings. The van der Waals surface area contributed by atoms with E-state index in [1.54, 1.807) is 14.2 Å². The number of hydrogen-bond donors (Lipinski definition) is 1. The number of ether oxygens (including phenoxy) is 2. The van der Waals surface area contributed by atoms with Crippen molar-refractivity contribution in [3.8, 4) is 11.5 Å². The second-order valence-corrected chi connectivity index (χ2v) is 5.28. The fourth-order valence-corrected chi connectivity index (χ4v) is 2.72. The van der Waals surface area contributed by atoms with Gasteiger partial charge in [0.1, 0.15) is 11.5 Å². The van der Waals surface area contributed by atoms with Gasteiger partial charge in [-0.3, -0.25) is 0 Å². The number of fused-ring (bicyclic) bond motifs is 1. The molecule has 1 heterocycles. The van der Waals surface area contributed by atoms with E-state index in [0.717, 1.165) is 34.2 Å². The average molecular weight is 290 g/mol. The van der Waals surface area contributed by atoms with Gasteiger partial charge in [-0.05, 0) is 41.8 Å². The highest BCUT2D eigenvalue weighted by Crippen LogP contribution is 2.37. The summed E-state index contributed by atoms with van der Waals surface area (Å²) in [5, 5.41) is 4.25. The third kappa shape index (κ3) is 2.41. The maximum absolute atomic E-state index is 6.03. The molecule has 1 atom stereocenters. The fourth-order valence-electron chi connectivity index (χ4n) is 2.55. The Balaban J connectivity index is 1.92. The largest absolute Gasteiger partial charge is 0.497 e. The van der Waals surface area contributed by atoms with Gasteiger partial charge in [0.05, 0.1) is 20.3 Å². The second kappa shape index (κ2) is 5.25. The van der Waals surface area contributed by atoms with Gasteiger partial charge in [-0.2, -0.15) is 0 Å². The molecule has 1 unspecified atom stereocenters. The lowest BCUT2D eigenvalue weighted by Gasteiger charge is -2.14. The average Bonchev–Trinajstić information content (AvgIpc) is 2.89. The van der Waals surface area contributed by atoms with E-state index in [2.05, 4.69) is 11.4 Å². The lowest BCUT2D eigenvalue weighted by atomic mass is 10.0. The Hall–Kier alpha value is -1.87. The molecule has 0 amide bonds. The first-order valence-electron chi connectivity index (χ1n) is 6.47. The summed E-state index contributed by atoms with van der Waals surface area (Å²) in [5.41, 5.74) is 3.53. The molecule has 20 heavy (non-hydrogen) atoms. The summed E-state index contributed by atoms with van der Waals surface area (Å²) in [6, 6.07) is 12.1. The molecule has 0 bridgehead atoms. The van der Waals surface area contributed by atoms with Gasteiger partial charge in [0.15, 0.2) is 0 Å². The first-order chi connectivity index (χ1) is 9.69. The molecule has 1 aliphatic rings. The second-order valence-electron chi connectivity index (χ2n) is 4.85. The van der Waals surface area contributed by atoms with E-state index in [9.17, 15) is 0 Å². The summed E-state index contributed by atoms with van der Waals surface area (Å²) in [7, 11) is 3.32. The molecule has 104 valence electrons. The molecule has 3 nitrogen and oxygen atoms in total. The lowest BCUT2D eigenvalue weighted by molar-refractivity contribution is 0.393. The smallest absolute Gasteiger partial charge is 0.122 e. The summed E-state index contributed by atoms with van der Waals surface area (Å²) in [5.74, 6) is 1.60. The molecule has 4 heteroatoms. The monoisotopic (exact) mass is 289 g/mol. The topological polar surface area (TPSA) is 30.5 Å². The Labute approximate surface area is 123 Å². The van der Waals surface area contributed by atoms with Crippen LogP contribution < -0.4 is 14.8 Å². The molecule has 1 N–H and O–H groups in total. The van der Waals surface area contributed by atoms with Gasteiger partial charge in [0.2, 0.25) is 0 Å². The van der Waals surface area contributed by atoms with Crippen molar-refractivity contribution >= 4 is 17.3 Å². The molecule has 0 saturated carbocycles. The standard InChI is InChI=1S/C16H16ClNO2/c1-19-13-5-11(6-14(9-13)20-2)15-7-10-3-4-12(17)8-16(10)18-15/h3-6,8-9,15,18H,7H2,1-2H3. The normalized spacial score (nSPS) is 16.4. The molecular weight excluding hydrogens is 274 g/mol. The van der Waals surface area contributed by atoms with Gasteiger partial charge < -0.3 is 14.8 Å². The Kier molecular flexibility index (Phi) is 3.45. The van der Waals surface area contributed by atoms with Crippen molar-refractivity contribution in [2.24, 2.45) is 0 Å². The van der Waals surface area contributed by atoms with Gasteiger partial charge in [0.25, 0.3) is 0 Å². The van der Waals surface area contributed by atoms with Crippen molar-refractivity contribution < 1.29 is 9.47 Å². The van der Waals surface area contributed by atoms with Crippen molar-refractivity contribution in [2.75, 3.05) is 19.5 Å². The van der Waals surface area contributed by atoms with E-state index < -0.39 is 0 Å². The Morgan fingerprint density at radius 3 is 2.40 bits per heavy atom. The van der Waals surface area contributed by atoms with Gasteiger partial charge >= 0.3 is 0 Å². The predicted octanol–water partition coefficient (Wildman–Crippen LogP) is 4.07. The highest BCUT2D eigenvalue weighted by Gasteiger charge is 2.23. The summed E-state index contributed by atoms with van der Waals surface area (Å²) in [4.78, 5) is 0. The molecule has 1 aliphatic heterocycles. The predicted molar refractivity (Wildman–Crippen MR) is 81.1 cm³/mol. The number of anilines is 1. The zero-order valence-electron chi connectivity index (χ0n) is 11.4. The quantitative estimate of drug-likeness (QED) is 0.924. The van der Waals surface area contributed by atoms with E-state index in [0.29, 0.717) is 0 Å². The Morgan fingerprint density at radius 2 is 1.75 bits per heavy atom. The van der Waals surface area contributed by atoms with Crippen molar-refractivity contribution in [3.05, 3.63) is 52.5 Å². The van der Waals surface area contributed by atoms with Crippen LogP contribution in [0, 0.1) is 0 Å². The van der Waals surface area contributed by atoms with Crippen LogP contribution in [0.1, 0.15) is 17.2 Å². The molecule has 3 rings (SSSR count). The summed E-state index contributed by atoms with van der Waals surface area (Å²) < 4.78 is 10.6. The van der Waals surface area contributed by atoms with E-state index >= 15 is 0 Å². The van der Waals surface area contributed by atoms with Crippen molar-refractivity contribution in [1.29, 1.82) is 0 Å². The van der Waals surface area contributed by atoms with Crippen molar-refractivity contribution in [1.82, 2.24) is 0 Å². The van der Waals surface area contributed by atoms with E-state index in [1.165, 1.54) is 5.56 Å².